The molecule has 1 saturated carbocycles. The Hall–Kier alpha value is -0.830. The molecular weight excluding hydrogens is 222 g/mol. The molecule has 102 valence electrons. The average Bonchev–Trinajstić information content (AvgIpc) is 2.89. The van der Waals surface area contributed by atoms with Gasteiger partial charge in [0, 0.05) is 19.8 Å². The topological polar surface area (TPSA) is 29.9 Å². The summed E-state index contributed by atoms with van der Waals surface area (Å²) in [5.41, 5.74) is 1.72. The summed E-state index contributed by atoms with van der Waals surface area (Å²) in [6, 6.07) is 2.17. The van der Waals surface area contributed by atoms with Crippen molar-refractivity contribution >= 4 is 0 Å². The van der Waals surface area contributed by atoms with Crippen LogP contribution in [0.3, 0.4) is 0 Å². The van der Waals surface area contributed by atoms with Gasteiger partial charge >= 0.3 is 0 Å². The van der Waals surface area contributed by atoms with Gasteiger partial charge in [0.2, 0.25) is 0 Å². The first-order chi connectivity index (χ1) is 8.60. The van der Waals surface area contributed by atoms with Crippen LogP contribution in [-0.4, -0.2) is 22.9 Å². The van der Waals surface area contributed by atoms with Crippen LogP contribution in [0.15, 0.2) is 12.3 Å². The molecule has 1 aromatic heterocycles. The third kappa shape index (κ3) is 3.58. The van der Waals surface area contributed by atoms with E-state index in [4.69, 9.17) is 0 Å². The maximum Gasteiger partial charge on any atom is 0.0630 e. The van der Waals surface area contributed by atoms with Crippen molar-refractivity contribution in [1.29, 1.82) is 0 Å². The van der Waals surface area contributed by atoms with Crippen molar-refractivity contribution in [1.82, 2.24) is 15.1 Å². The average molecular weight is 249 g/mol. The Morgan fingerprint density at radius 2 is 2.11 bits per heavy atom. The van der Waals surface area contributed by atoms with Gasteiger partial charge in [-0.15, -0.1) is 0 Å². The molecule has 3 heteroatoms. The Kier molecular flexibility index (Phi) is 4.44. The molecule has 1 N–H and O–H groups in total. The number of rotatable bonds is 6. The number of hydrogen-bond donors (Lipinski definition) is 1. The minimum atomic E-state index is 0.462. The highest BCUT2D eigenvalue weighted by Crippen LogP contribution is 2.40. The molecule has 0 bridgehead atoms. The molecule has 0 spiro atoms. The number of nitrogens with one attached hydrogen (secondary N) is 1. The van der Waals surface area contributed by atoms with Crippen LogP contribution in [0.4, 0.5) is 0 Å². The first-order valence-corrected chi connectivity index (χ1v) is 7.29. The van der Waals surface area contributed by atoms with Gasteiger partial charge in [0.15, 0.2) is 0 Å². The van der Waals surface area contributed by atoms with Crippen LogP contribution < -0.4 is 5.32 Å². The standard InChI is InChI=1S/C15H27N3/c1-13(2)11-16-12-15(7-4-5-8-15)10-14-6-9-18(3)17-14/h6,9,13,16H,4-5,7-8,10-12H2,1-3H3. The van der Waals surface area contributed by atoms with Gasteiger partial charge in [-0.25, -0.2) is 0 Å². The summed E-state index contributed by atoms with van der Waals surface area (Å²) in [5.74, 6) is 0.735. The summed E-state index contributed by atoms with van der Waals surface area (Å²) in [4.78, 5) is 0. The van der Waals surface area contributed by atoms with E-state index < -0.39 is 0 Å². The third-order valence-corrected chi connectivity index (χ3v) is 4.04. The van der Waals surface area contributed by atoms with Crippen LogP contribution in [0.25, 0.3) is 0 Å². The van der Waals surface area contributed by atoms with Gasteiger partial charge < -0.3 is 5.32 Å². The van der Waals surface area contributed by atoms with Gasteiger partial charge in [0.1, 0.15) is 0 Å². The Bertz CT molecular complexity index is 362. The van der Waals surface area contributed by atoms with Gasteiger partial charge in [-0.05, 0) is 43.2 Å². The highest BCUT2D eigenvalue weighted by atomic mass is 15.2. The molecule has 3 nitrogen and oxygen atoms in total. The fourth-order valence-corrected chi connectivity index (χ4v) is 3.11. The van der Waals surface area contributed by atoms with Crippen LogP contribution in [-0.2, 0) is 13.5 Å². The van der Waals surface area contributed by atoms with Crippen molar-refractivity contribution in [2.75, 3.05) is 13.1 Å². The van der Waals surface area contributed by atoms with Crippen LogP contribution >= 0.6 is 0 Å². The van der Waals surface area contributed by atoms with E-state index in [-0.39, 0.29) is 0 Å². The van der Waals surface area contributed by atoms with Gasteiger partial charge in [-0.1, -0.05) is 26.7 Å². The predicted octanol–water partition coefficient (Wildman–Crippen LogP) is 2.77. The molecule has 0 saturated heterocycles. The van der Waals surface area contributed by atoms with Crippen molar-refractivity contribution in [3.8, 4) is 0 Å². The molecule has 1 aromatic rings. The molecule has 0 amide bonds. The van der Waals surface area contributed by atoms with Crippen LogP contribution in [0.5, 0.6) is 0 Å². The van der Waals surface area contributed by atoms with E-state index in [0.717, 1.165) is 25.4 Å². The summed E-state index contributed by atoms with van der Waals surface area (Å²) in [5, 5.41) is 8.21. The fourth-order valence-electron chi connectivity index (χ4n) is 3.11. The molecule has 1 fully saturated rings. The van der Waals surface area contributed by atoms with Gasteiger partial charge in [-0.2, -0.15) is 5.10 Å². The zero-order valence-corrected chi connectivity index (χ0v) is 12.1. The van der Waals surface area contributed by atoms with Crippen molar-refractivity contribution in [2.24, 2.45) is 18.4 Å². The van der Waals surface area contributed by atoms with Crippen molar-refractivity contribution in [2.45, 2.75) is 46.0 Å². The Morgan fingerprint density at radius 3 is 2.67 bits per heavy atom. The second-order valence-electron chi connectivity index (χ2n) is 6.39. The molecule has 2 rings (SSSR count). The first kappa shape index (κ1) is 13.6. The molecule has 1 aliphatic carbocycles. The lowest BCUT2D eigenvalue weighted by molar-refractivity contribution is 0.270. The van der Waals surface area contributed by atoms with Gasteiger partial charge in [-0.3, -0.25) is 4.68 Å². The van der Waals surface area contributed by atoms with E-state index in [0.29, 0.717) is 5.41 Å². The Labute approximate surface area is 111 Å². The van der Waals surface area contributed by atoms with E-state index in [1.165, 1.54) is 31.4 Å². The van der Waals surface area contributed by atoms with E-state index >= 15 is 0 Å². The van der Waals surface area contributed by atoms with Gasteiger partial charge in [0.25, 0.3) is 0 Å². The largest absolute Gasteiger partial charge is 0.316 e. The lowest BCUT2D eigenvalue weighted by Crippen LogP contribution is -2.35. The summed E-state index contributed by atoms with van der Waals surface area (Å²) in [6.45, 7) is 6.83. The summed E-state index contributed by atoms with van der Waals surface area (Å²) >= 11 is 0. The molecule has 18 heavy (non-hydrogen) atoms. The molecule has 0 atom stereocenters. The summed E-state index contributed by atoms with van der Waals surface area (Å²) < 4.78 is 1.92. The van der Waals surface area contributed by atoms with Crippen molar-refractivity contribution in [3.63, 3.8) is 0 Å². The van der Waals surface area contributed by atoms with Crippen LogP contribution in [0, 0.1) is 11.3 Å². The molecule has 1 aliphatic rings. The molecule has 0 radical (unpaired) electrons. The summed E-state index contributed by atoms with van der Waals surface area (Å²) in [7, 11) is 2.00. The van der Waals surface area contributed by atoms with Crippen LogP contribution in [0.2, 0.25) is 0 Å². The highest BCUT2D eigenvalue weighted by Gasteiger charge is 2.34. The van der Waals surface area contributed by atoms with E-state index in [1.54, 1.807) is 0 Å². The minimum Gasteiger partial charge on any atom is -0.316 e. The maximum absolute atomic E-state index is 4.55. The van der Waals surface area contributed by atoms with Gasteiger partial charge in [0.05, 0.1) is 5.69 Å². The van der Waals surface area contributed by atoms with E-state index in [9.17, 15) is 0 Å². The van der Waals surface area contributed by atoms with Crippen molar-refractivity contribution < 1.29 is 0 Å². The number of aryl methyl sites for hydroxylation is 1. The summed E-state index contributed by atoms with van der Waals surface area (Å²) in [6.07, 6.45) is 8.67. The highest BCUT2D eigenvalue weighted by molar-refractivity contribution is 5.05. The quantitative estimate of drug-likeness (QED) is 0.840. The molecule has 0 unspecified atom stereocenters. The maximum atomic E-state index is 4.55. The third-order valence-electron chi connectivity index (χ3n) is 4.04. The van der Waals surface area contributed by atoms with E-state index in [1.807, 2.05) is 11.7 Å². The number of nitrogens with zero attached hydrogens (tertiary/aromatic N) is 2. The molecule has 0 aliphatic heterocycles. The number of aromatic nitrogens is 2. The normalized spacial score (nSPS) is 18.7. The second kappa shape index (κ2) is 5.87. The molecule has 1 heterocycles. The SMILES string of the molecule is CC(C)CNCC1(Cc2ccn(C)n2)CCCC1. The fraction of sp³-hybridized carbons (Fsp3) is 0.800. The monoisotopic (exact) mass is 249 g/mol. The second-order valence-corrected chi connectivity index (χ2v) is 6.39. The predicted molar refractivity (Wildman–Crippen MR) is 75.5 cm³/mol. The van der Waals surface area contributed by atoms with Crippen LogP contribution in [0.1, 0.15) is 45.2 Å². The minimum absolute atomic E-state index is 0.462. The van der Waals surface area contributed by atoms with Crippen molar-refractivity contribution in [3.05, 3.63) is 18.0 Å². The smallest absolute Gasteiger partial charge is 0.0630 e. The Morgan fingerprint density at radius 1 is 1.39 bits per heavy atom. The molecule has 0 aromatic carbocycles. The molecular formula is C15H27N3. The lowest BCUT2D eigenvalue weighted by Gasteiger charge is -2.29. The number of hydrogen-bond acceptors (Lipinski definition) is 2. The lowest BCUT2D eigenvalue weighted by atomic mass is 9.81. The zero-order valence-electron chi connectivity index (χ0n) is 12.1. The Balaban J connectivity index is 1.93. The first-order valence-electron chi connectivity index (χ1n) is 7.29. The van der Waals surface area contributed by atoms with E-state index in [2.05, 4.69) is 36.5 Å². The zero-order chi connectivity index (χ0) is 13.0.